The Balaban J connectivity index is 1.61. The molecule has 2 aliphatic rings. The van der Waals surface area contributed by atoms with E-state index in [2.05, 4.69) is 81.4 Å². The van der Waals surface area contributed by atoms with Gasteiger partial charge in [-0.1, -0.05) is 74.5 Å². The summed E-state index contributed by atoms with van der Waals surface area (Å²) in [5.74, 6) is 0.563. The summed E-state index contributed by atoms with van der Waals surface area (Å²) in [6.45, 7) is 6.93. The van der Waals surface area contributed by atoms with Crippen molar-refractivity contribution >= 4 is 10.8 Å². The molecule has 0 aromatic heterocycles. The van der Waals surface area contributed by atoms with Gasteiger partial charge in [0.15, 0.2) is 0 Å². The van der Waals surface area contributed by atoms with Gasteiger partial charge in [-0.2, -0.15) is 0 Å². The van der Waals surface area contributed by atoms with Crippen LogP contribution in [0.5, 0.6) is 0 Å². The summed E-state index contributed by atoms with van der Waals surface area (Å²) in [4.78, 5) is 0. The van der Waals surface area contributed by atoms with Crippen molar-refractivity contribution < 1.29 is 0 Å². The first-order valence-electron chi connectivity index (χ1n) is 10.4. The molecule has 28 heavy (non-hydrogen) atoms. The smallest absolute Gasteiger partial charge is 0.000424 e. The van der Waals surface area contributed by atoms with Crippen LogP contribution in [0.25, 0.3) is 33.0 Å². The van der Waals surface area contributed by atoms with Crippen LogP contribution in [0.2, 0.25) is 0 Å². The van der Waals surface area contributed by atoms with Gasteiger partial charge < -0.3 is 0 Å². The molecule has 0 heterocycles. The Hall–Kier alpha value is -2.86. The maximum atomic E-state index is 2.38. The van der Waals surface area contributed by atoms with Gasteiger partial charge in [-0.15, -0.1) is 0 Å². The van der Waals surface area contributed by atoms with E-state index in [1.807, 2.05) is 0 Å². The highest BCUT2D eigenvalue weighted by Gasteiger charge is 2.30. The highest BCUT2D eigenvalue weighted by molar-refractivity contribution is 5.98. The average molecular weight is 361 g/mol. The second kappa shape index (κ2) is 5.58. The average Bonchev–Trinajstić information content (AvgIpc) is 3.25. The third kappa shape index (κ3) is 2.01. The lowest BCUT2D eigenvalue weighted by Gasteiger charge is -2.15. The molecular weight excluding hydrogens is 336 g/mol. The Morgan fingerprint density at radius 2 is 1.43 bits per heavy atom. The lowest BCUT2D eigenvalue weighted by molar-refractivity contribution is 0.842. The molecule has 0 unspecified atom stereocenters. The minimum absolute atomic E-state index is 0.563. The van der Waals surface area contributed by atoms with Crippen molar-refractivity contribution in [2.75, 3.05) is 0 Å². The molecule has 136 valence electrons. The van der Waals surface area contributed by atoms with Gasteiger partial charge in [0.25, 0.3) is 0 Å². The summed E-state index contributed by atoms with van der Waals surface area (Å²) in [6, 6.07) is 22.9. The highest BCUT2D eigenvalue weighted by Crippen LogP contribution is 2.50. The van der Waals surface area contributed by atoms with Crippen molar-refractivity contribution in [1.29, 1.82) is 0 Å². The normalized spacial score (nSPS) is 13.6. The molecule has 0 saturated carbocycles. The Morgan fingerprint density at radius 3 is 2.29 bits per heavy atom. The van der Waals surface area contributed by atoms with E-state index < -0.39 is 0 Å². The number of hydrogen-bond donors (Lipinski definition) is 0. The minimum atomic E-state index is 0.563. The molecule has 0 radical (unpaired) electrons. The zero-order valence-electron chi connectivity index (χ0n) is 16.8. The molecule has 0 bridgehead atoms. The minimum Gasteiger partial charge on any atom is -0.0616 e. The van der Waals surface area contributed by atoms with Crippen molar-refractivity contribution in [2.45, 2.75) is 39.5 Å². The summed E-state index contributed by atoms with van der Waals surface area (Å²) >= 11 is 0. The Kier molecular flexibility index (Phi) is 3.21. The molecule has 0 nitrogen and oxygen atoms in total. The fraction of sp³-hybridized carbons (Fsp3) is 0.214. The molecule has 0 saturated heterocycles. The second-order valence-corrected chi connectivity index (χ2v) is 8.77. The van der Waals surface area contributed by atoms with Gasteiger partial charge in [-0.25, -0.2) is 0 Å². The molecule has 0 fully saturated rings. The van der Waals surface area contributed by atoms with E-state index in [1.54, 1.807) is 16.7 Å². The molecule has 0 amide bonds. The molecule has 4 aromatic carbocycles. The summed E-state index contributed by atoms with van der Waals surface area (Å²) < 4.78 is 0. The van der Waals surface area contributed by atoms with Crippen molar-refractivity contribution in [3.63, 3.8) is 0 Å². The van der Waals surface area contributed by atoms with Crippen molar-refractivity contribution in [2.24, 2.45) is 0 Å². The number of fused-ring (bicyclic) bond motifs is 9. The standard InChI is InChI=1S/C28H24/c1-16(2)27-17(3)8-11-21-22-12-10-19-14-24-20-7-5-4-6-18(20)9-13-23(24)28(19)26(22)15-25(21)27/h4-13,16H,14-15H2,1-3H3. The van der Waals surface area contributed by atoms with E-state index in [-0.39, 0.29) is 0 Å². The molecule has 0 atom stereocenters. The van der Waals surface area contributed by atoms with Crippen LogP contribution in [0, 0.1) is 6.92 Å². The van der Waals surface area contributed by atoms with E-state index in [1.165, 1.54) is 49.7 Å². The maximum Gasteiger partial charge on any atom is -0.000424 e. The molecule has 0 heteroatoms. The van der Waals surface area contributed by atoms with Gasteiger partial charge in [0.1, 0.15) is 0 Å². The topological polar surface area (TPSA) is 0 Å². The number of rotatable bonds is 1. The molecule has 6 rings (SSSR count). The van der Waals surface area contributed by atoms with Crippen LogP contribution in [0.15, 0.2) is 60.7 Å². The predicted molar refractivity (Wildman–Crippen MR) is 119 cm³/mol. The SMILES string of the molecule is Cc1ccc2c(c1C(C)C)Cc1c-2ccc2c1-c1ccc3ccccc3c1C2. The monoisotopic (exact) mass is 360 g/mol. The van der Waals surface area contributed by atoms with Crippen LogP contribution < -0.4 is 0 Å². The van der Waals surface area contributed by atoms with Gasteiger partial charge in [0.2, 0.25) is 0 Å². The van der Waals surface area contributed by atoms with Crippen LogP contribution in [0.1, 0.15) is 53.1 Å². The van der Waals surface area contributed by atoms with E-state index >= 15 is 0 Å². The maximum absolute atomic E-state index is 2.38. The summed E-state index contributed by atoms with van der Waals surface area (Å²) in [7, 11) is 0. The van der Waals surface area contributed by atoms with Crippen LogP contribution in [0.3, 0.4) is 0 Å². The summed E-state index contributed by atoms with van der Waals surface area (Å²) in [5.41, 5.74) is 15.0. The molecular formula is C28H24. The van der Waals surface area contributed by atoms with Gasteiger partial charge >= 0.3 is 0 Å². The fourth-order valence-electron chi connectivity index (χ4n) is 5.77. The lowest BCUT2D eigenvalue weighted by atomic mass is 9.89. The molecule has 4 aromatic rings. The zero-order valence-corrected chi connectivity index (χ0v) is 16.8. The molecule has 0 aliphatic heterocycles. The first kappa shape index (κ1) is 16.1. The second-order valence-electron chi connectivity index (χ2n) is 8.77. The third-order valence-corrected chi connectivity index (χ3v) is 6.87. The van der Waals surface area contributed by atoms with Crippen molar-refractivity contribution in [1.82, 2.24) is 0 Å². The van der Waals surface area contributed by atoms with Crippen LogP contribution in [-0.2, 0) is 12.8 Å². The Bertz CT molecular complexity index is 1290. The number of aryl methyl sites for hydroxylation is 1. The first-order valence-corrected chi connectivity index (χ1v) is 10.4. The lowest BCUT2D eigenvalue weighted by Crippen LogP contribution is -1.99. The Labute approximate surface area is 166 Å². The van der Waals surface area contributed by atoms with Gasteiger partial charge in [-0.05, 0) is 92.1 Å². The Morgan fingerprint density at radius 1 is 0.679 bits per heavy atom. The van der Waals surface area contributed by atoms with E-state index in [0.717, 1.165) is 12.8 Å². The molecule has 0 spiro atoms. The fourth-order valence-corrected chi connectivity index (χ4v) is 5.77. The van der Waals surface area contributed by atoms with E-state index in [4.69, 9.17) is 0 Å². The summed E-state index contributed by atoms with van der Waals surface area (Å²) in [6.07, 6.45) is 2.14. The summed E-state index contributed by atoms with van der Waals surface area (Å²) in [5, 5.41) is 2.77. The van der Waals surface area contributed by atoms with Crippen molar-refractivity contribution in [3.05, 3.63) is 94.0 Å². The van der Waals surface area contributed by atoms with Crippen molar-refractivity contribution in [3.8, 4) is 22.3 Å². The first-order chi connectivity index (χ1) is 13.6. The van der Waals surface area contributed by atoms with Crippen LogP contribution in [0.4, 0.5) is 0 Å². The zero-order chi connectivity index (χ0) is 19.0. The van der Waals surface area contributed by atoms with E-state index in [0.29, 0.717) is 5.92 Å². The predicted octanol–water partition coefficient (Wildman–Crippen LogP) is 7.41. The van der Waals surface area contributed by atoms with Crippen LogP contribution >= 0.6 is 0 Å². The number of hydrogen-bond acceptors (Lipinski definition) is 0. The van der Waals surface area contributed by atoms with Gasteiger partial charge in [-0.3, -0.25) is 0 Å². The largest absolute Gasteiger partial charge is 0.0616 e. The third-order valence-electron chi connectivity index (χ3n) is 6.87. The number of benzene rings is 4. The highest BCUT2D eigenvalue weighted by atomic mass is 14.3. The van der Waals surface area contributed by atoms with Crippen LogP contribution in [-0.4, -0.2) is 0 Å². The van der Waals surface area contributed by atoms with Gasteiger partial charge in [0.05, 0.1) is 0 Å². The molecule has 0 N–H and O–H groups in total. The van der Waals surface area contributed by atoms with Gasteiger partial charge in [0, 0.05) is 0 Å². The van der Waals surface area contributed by atoms with E-state index in [9.17, 15) is 0 Å². The molecule has 2 aliphatic carbocycles. The quantitative estimate of drug-likeness (QED) is 0.286.